The molecule has 7 nitrogen and oxygen atoms in total. The van der Waals surface area contributed by atoms with E-state index in [0.29, 0.717) is 29.6 Å². The number of aliphatic hydroxyl groups is 1. The molecule has 6 fully saturated rings. The number of hydrogen-bond acceptors (Lipinski definition) is 6. The molecule has 2 heterocycles. The third-order valence-corrected chi connectivity index (χ3v) is 14.7. The SMILES string of the molecule is Cc1ccc(S(=O)(=O)N/N=C2/C[C@@H]3[C@H](CC[C@H]4C[C@@H](O)CC[C@@]43C)[C@@H]3C[C@@H]4O[C@]5(CC[C@@H](C)CO5)[C@@H](C)[C@H]4[C@@]23C)cc1. The maximum Gasteiger partial charge on any atom is 0.276 e. The zero-order chi connectivity index (χ0) is 29.7. The molecule has 0 unspecified atom stereocenters. The van der Waals surface area contributed by atoms with Crippen molar-refractivity contribution < 1.29 is 23.0 Å². The van der Waals surface area contributed by atoms with Gasteiger partial charge in [0.05, 0.1) is 23.7 Å². The fourth-order valence-electron chi connectivity index (χ4n) is 11.0. The van der Waals surface area contributed by atoms with Crippen LogP contribution in [0.1, 0.15) is 91.0 Å². The van der Waals surface area contributed by atoms with E-state index in [-0.39, 0.29) is 39.8 Å². The molecular weight excluding hydrogens is 548 g/mol. The van der Waals surface area contributed by atoms with Gasteiger partial charge >= 0.3 is 0 Å². The lowest BCUT2D eigenvalue weighted by Crippen LogP contribution is -2.58. The van der Waals surface area contributed by atoms with E-state index in [1.807, 2.05) is 19.1 Å². The van der Waals surface area contributed by atoms with Crippen LogP contribution >= 0.6 is 0 Å². The summed E-state index contributed by atoms with van der Waals surface area (Å²) in [6.45, 7) is 12.1. The Labute approximate surface area is 252 Å². The van der Waals surface area contributed by atoms with Gasteiger partial charge in [-0.2, -0.15) is 13.5 Å². The standard InChI is InChI=1S/C34H50N2O5S/c1-20-6-9-25(10-7-20)42(38,39)36-35-30-18-27-26(11-8-23-16-24(37)13-14-32(23,27)4)28-17-29-31(33(28,30)5)22(3)34(41-29)15-12-21(2)19-40-34/h6-7,9-10,21-24,26-29,31,36-37H,8,11-19H2,1-5H3/b35-30-/t21-,22+,23+,24+,26+,27-,28+,29+,31-,32+,33-,34-/m1/s1. The Morgan fingerprint density at radius 2 is 1.76 bits per heavy atom. The van der Waals surface area contributed by atoms with E-state index in [1.165, 1.54) is 12.8 Å². The number of rotatable bonds is 3. The fraction of sp³-hybridized carbons (Fsp3) is 0.794. The van der Waals surface area contributed by atoms with Crippen LogP contribution in [0.3, 0.4) is 0 Å². The second kappa shape index (κ2) is 10.0. The normalized spacial score (nSPS) is 49.3. The summed E-state index contributed by atoms with van der Waals surface area (Å²) >= 11 is 0. The molecule has 2 N–H and O–H groups in total. The quantitative estimate of drug-likeness (QED) is 0.413. The predicted molar refractivity (Wildman–Crippen MR) is 162 cm³/mol. The number of nitrogens with zero attached hydrogens (tertiary/aromatic N) is 1. The van der Waals surface area contributed by atoms with Crippen LogP contribution in [-0.4, -0.2) is 43.8 Å². The van der Waals surface area contributed by atoms with Crippen LogP contribution in [0, 0.1) is 59.2 Å². The van der Waals surface area contributed by atoms with Crippen molar-refractivity contribution in [2.75, 3.05) is 6.61 Å². The van der Waals surface area contributed by atoms with E-state index in [0.717, 1.165) is 62.8 Å². The first kappa shape index (κ1) is 29.2. The van der Waals surface area contributed by atoms with Crippen molar-refractivity contribution in [3.8, 4) is 0 Å². The summed E-state index contributed by atoms with van der Waals surface area (Å²) in [6.07, 6.45) is 8.84. The maximum atomic E-state index is 13.5. The number of benzene rings is 1. The van der Waals surface area contributed by atoms with Crippen molar-refractivity contribution in [2.45, 2.75) is 115 Å². The summed E-state index contributed by atoms with van der Waals surface area (Å²) in [4.78, 5) is 2.95. The molecule has 1 aromatic rings. The lowest BCUT2D eigenvalue weighted by molar-refractivity contribution is -0.272. The molecule has 8 heteroatoms. The predicted octanol–water partition coefficient (Wildman–Crippen LogP) is 6.05. The minimum Gasteiger partial charge on any atom is -0.393 e. The van der Waals surface area contributed by atoms with Crippen molar-refractivity contribution in [1.82, 2.24) is 4.83 Å². The Balaban J connectivity index is 1.27. The van der Waals surface area contributed by atoms with Crippen molar-refractivity contribution in [2.24, 2.45) is 57.4 Å². The number of sulfonamides is 1. The Hall–Kier alpha value is -1.48. The average molecular weight is 599 g/mol. The highest BCUT2D eigenvalue weighted by atomic mass is 32.2. The van der Waals surface area contributed by atoms with Gasteiger partial charge in [-0.3, -0.25) is 0 Å². The van der Waals surface area contributed by atoms with Gasteiger partial charge in [0, 0.05) is 29.4 Å². The van der Waals surface area contributed by atoms with Crippen LogP contribution in [0.4, 0.5) is 0 Å². The van der Waals surface area contributed by atoms with Gasteiger partial charge in [-0.05, 0) is 105 Å². The molecule has 4 saturated carbocycles. The summed E-state index contributed by atoms with van der Waals surface area (Å²) in [6, 6.07) is 6.97. The van der Waals surface area contributed by atoms with Crippen LogP contribution in [0.2, 0.25) is 0 Å². The van der Waals surface area contributed by atoms with Crippen molar-refractivity contribution in [3.63, 3.8) is 0 Å². The smallest absolute Gasteiger partial charge is 0.276 e. The average Bonchev–Trinajstić information content (AvgIpc) is 3.40. The van der Waals surface area contributed by atoms with E-state index in [4.69, 9.17) is 14.6 Å². The lowest BCUT2D eigenvalue weighted by Gasteiger charge is -2.61. The zero-order valence-electron chi connectivity index (χ0n) is 26.0. The molecule has 232 valence electrons. The molecule has 0 aromatic heterocycles. The third kappa shape index (κ3) is 4.28. The number of aryl methyl sites for hydroxylation is 1. The second-order valence-corrected chi connectivity index (χ2v) is 17.2. The van der Waals surface area contributed by atoms with Crippen LogP contribution < -0.4 is 4.83 Å². The Kier molecular flexibility index (Phi) is 6.97. The molecule has 2 aliphatic heterocycles. The highest BCUT2D eigenvalue weighted by Gasteiger charge is 2.71. The van der Waals surface area contributed by atoms with Crippen LogP contribution in [0.15, 0.2) is 34.3 Å². The van der Waals surface area contributed by atoms with Crippen LogP contribution in [-0.2, 0) is 19.5 Å². The molecule has 4 aliphatic carbocycles. The summed E-state index contributed by atoms with van der Waals surface area (Å²) in [5.41, 5.74) is 1.89. The summed E-state index contributed by atoms with van der Waals surface area (Å²) in [5.74, 6) is 2.33. The highest BCUT2D eigenvalue weighted by Crippen LogP contribution is 2.70. The first-order valence-electron chi connectivity index (χ1n) is 16.5. The number of hydrazone groups is 1. The van der Waals surface area contributed by atoms with Gasteiger partial charge in [0.2, 0.25) is 0 Å². The van der Waals surface area contributed by atoms with E-state index < -0.39 is 15.8 Å². The minimum atomic E-state index is -3.80. The molecule has 6 aliphatic rings. The zero-order valence-corrected chi connectivity index (χ0v) is 26.8. The topological polar surface area (TPSA) is 97.2 Å². The van der Waals surface area contributed by atoms with Gasteiger partial charge in [-0.25, -0.2) is 4.83 Å². The summed E-state index contributed by atoms with van der Waals surface area (Å²) in [7, 11) is -3.80. The summed E-state index contributed by atoms with van der Waals surface area (Å²) < 4.78 is 40.5. The first-order chi connectivity index (χ1) is 19.9. The monoisotopic (exact) mass is 598 g/mol. The minimum absolute atomic E-state index is 0.0970. The molecule has 7 rings (SSSR count). The van der Waals surface area contributed by atoms with Crippen LogP contribution in [0.5, 0.6) is 0 Å². The third-order valence-electron chi connectivity index (χ3n) is 13.4. The van der Waals surface area contributed by atoms with Crippen molar-refractivity contribution in [3.05, 3.63) is 29.8 Å². The van der Waals surface area contributed by atoms with Gasteiger partial charge in [0.15, 0.2) is 5.79 Å². The van der Waals surface area contributed by atoms with E-state index in [9.17, 15) is 13.5 Å². The first-order valence-corrected chi connectivity index (χ1v) is 18.0. The molecule has 42 heavy (non-hydrogen) atoms. The number of aliphatic hydroxyl groups excluding tert-OH is 1. The highest BCUT2D eigenvalue weighted by molar-refractivity contribution is 7.89. The Morgan fingerprint density at radius 3 is 2.48 bits per heavy atom. The molecule has 12 atom stereocenters. The Morgan fingerprint density at radius 1 is 1.00 bits per heavy atom. The van der Waals surface area contributed by atoms with Gasteiger partial charge < -0.3 is 14.6 Å². The Bertz CT molecular complexity index is 1340. The molecule has 0 radical (unpaired) electrons. The van der Waals surface area contributed by atoms with Crippen molar-refractivity contribution >= 4 is 15.7 Å². The van der Waals surface area contributed by atoms with Gasteiger partial charge in [0.25, 0.3) is 10.0 Å². The molecule has 0 amide bonds. The number of hydrogen-bond donors (Lipinski definition) is 2. The lowest BCUT2D eigenvalue weighted by atomic mass is 9.44. The number of nitrogens with one attached hydrogen (secondary N) is 1. The molecule has 2 saturated heterocycles. The molecule has 0 bridgehead atoms. The number of fused-ring (bicyclic) bond motifs is 7. The van der Waals surface area contributed by atoms with E-state index >= 15 is 0 Å². The van der Waals surface area contributed by atoms with E-state index in [2.05, 4.69) is 32.5 Å². The maximum absolute atomic E-state index is 13.5. The molecule has 1 spiro atoms. The fourth-order valence-corrected chi connectivity index (χ4v) is 11.8. The van der Waals surface area contributed by atoms with E-state index in [1.54, 1.807) is 12.1 Å². The van der Waals surface area contributed by atoms with Gasteiger partial charge in [0.1, 0.15) is 0 Å². The van der Waals surface area contributed by atoms with Gasteiger partial charge in [-0.15, -0.1) is 0 Å². The largest absolute Gasteiger partial charge is 0.393 e. The van der Waals surface area contributed by atoms with Crippen LogP contribution in [0.25, 0.3) is 0 Å². The molecule has 1 aromatic carbocycles. The van der Waals surface area contributed by atoms with Crippen molar-refractivity contribution in [1.29, 1.82) is 0 Å². The number of ether oxygens (including phenoxy) is 2. The summed E-state index contributed by atoms with van der Waals surface area (Å²) in [5, 5.41) is 15.5. The van der Waals surface area contributed by atoms with Gasteiger partial charge in [-0.1, -0.05) is 45.4 Å². The molecular formula is C34H50N2O5S. The second-order valence-electron chi connectivity index (χ2n) is 15.5.